The summed E-state index contributed by atoms with van der Waals surface area (Å²) in [6.07, 6.45) is 8.75. The number of hydrogen-bond donors (Lipinski definition) is 0. The number of aryl methyl sites for hydroxylation is 2. The van der Waals surface area contributed by atoms with Crippen molar-refractivity contribution in [1.82, 2.24) is 34.4 Å². The number of rotatable bonds is 3. The first-order valence-electron chi connectivity index (χ1n) is 13.0. The molecule has 1 aliphatic carbocycles. The van der Waals surface area contributed by atoms with Gasteiger partial charge in [0.15, 0.2) is 11.5 Å². The average Bonchev–Trinajstić information content (AvgIpc) is 3.36. The van der Waals surface area contributed by atoms with Gasteiger partial charge in [-0.3, -0.25) is 4.79 Å². The first-order valence-corrected chi connectivity index (χ1v) is 13.0. The fourth-order valence-electron chi connectivity index (χ4n) is 5.72. The highest BCUT2D eigenvalue weighted by Crippen LogP contribution is 2.42. The van der Waals surface area contributed by atoms with Crippen molar-refractivity contribution in [3.8, 4) is 0 Å². The number of pyridine rings is 1. The normalized spacial score (nSPS) is 21.2. The maximum atomic E-state index is 14.2. The number of aromatic nitrogens is 6. The summed E-state index contributed by atoms with van der Waals surface area (Å²) in [4.78, 5) is 21.3. The molecule has 180 valence electrons. The highest BCUT2D eigenvalue weighted by atomic mass is 16.2. The molecule has 3 aromatic heterocycles. The summed E-state index contributed by atoms with van der Waals surface area (Å²) in [5.41, 5.74) is 3.29. The molecule has 0 N–H and O–H groups in total. The second-order valence-electron chi connectivity index (χ2n) is 11.3. The average molecular weight is 462 g/mol. The molecule has 0 spiro atoms. The molecule has 2 aliphatic heterocycles. The Balaban J connectivity index is 1.44. The minimum atomic E-state index is -0.211. The lowest BCUT2D eigenvalue weighted by Gasteiger charge is -2.25. The lowest BCUT2D eigenvalue weighted by atomic mass is 10.0. The van der Waals surface area contributed by atoms with Crippen LogP contribution in [0.3, 0.4) is 0 Å². The molecule has 0 bridgehead atoms. The van der Waals surface area contributed by atoms with Gasteiger partial charge < -0.3 is 9.47 Å². The fraction of sp³-hybridized carbons (Fsp3) is 0.654. The number of nitrogens with zero attached hydrogens (tertiary/aromatic N) is 7. The third-order valence-corrected chi connectivity index (χ3v) is 7.64. The molecule has 34 heavy (non-hydrogen) atoms. The van der Waals surface area contributed by atoms with Gasteiger partial charge in [-0.25, -0.2) is 9.67 Å². The van der Waals surface area contributed by atoms with Crippen LogP contribution < -0.4 is 0 Å². The number of likely N-dealkylation sites (tertiary alicyclic amines) is 1. The third-order valence-electron chi connectivity index (χ3n) is 7.64. The molecule has 8 heteroatoms. The first kappa shape index (κ1) is 21.7. The molecular weight excluding hydrogens is 426 g/mol. The molecule has 3 aliphatic rings. The Morgan fingerprint density at radius 3 is 2.62 bits per heavy atom. The van der Waals surface area contributed by atoms with Crippen molar-refractivity contribution in [1.29, 1.82) is 0 Å². The van der Waals surface area contributed by atoms with Crippen molar-refractivity contribution >= 4 is 16.9 Å². The number of amides is 1. The Hall–Kier alpha value is -2.77. The van der Waals surface area contributed by atoms with E-state index in [1.807, 2.05) is 16.5 Å². The summed E-state index contributed by atoms with van der Waals surface area (Å²) in [7, 11) is 0. The number of hydrogen-bond acceptors (Lipinski definition) is 5. The smallest absolute Gasteiger partial charge is 0.255 e. The third kappa shape index (κ3) is 3.53. The SMILES string of the molecule is Cc1nn(C(C)(C)C)c2nc(C3CC3)cc(C(=O)N3CCCC3c3nnc4n3CCCCC4)c12. The molecular formula is C26H35N7O. The lowest BCUT2D eigenvalue weighted by Crippen LogP contribution is -2.32. The van der Waals surface area contributed by atoms with Gasteiger partial charge in [0.05, 0.1) is 28.2 Å². The van der Waals surface area contributed by atoms with Crippen molar-refractivity contribution in [3.63, 3.8) is 0 Å². The summed E-state index contributed by atoms with van der Waals surface area (Å²) >= 11 is 0. The van der Waals surface area contributed by atoms with Crippen LogP contribution in [-0.2, 0) is 18.5 Å². The fourth-order valence-corrected chi connectivity index (χ4v) is 5.72. The molecule has 3 aromatic rings. The summed E-state index contributed by atoms with van der Waals surface area (Å²) < 4.78 is 4.30. The van der Waals surface area contributed by atoms with E-state index in [1.54, 1.807) is 0 Å². The van der Waals surface area contributed by atoms with Crippen LogP contribution >= 0.6 is 0 Å². The van der Waals surface area contributed by atoms with Crippen LogP contribution in [0.4, 0.5) is 0 Å². The lowest BCUT2D eigenvalue weighted by molar-refractivity contribution is 0.0728. The van der Waals surface area contributed by atoms with Gasteiger partial charge in [0.1, 0.15) is 5.82 Å². The molecule has 1 unspecified atom stereocenters. The monoisotopic (exact) mass is 461 g/mol. The zero-order chi connectivity index (χ0) is 23.6. The zero-order valence-corrected chi connectivity index (χ0v) is 20.8. The van der Waals surface area contributed by atoms with E-state index in [2.05, 4.69) is 41.6 Å². The van der Waals surface area contributed by atoms with Gasteiger partial charge in [0.2, 0.25) is 0 Å². The molecule has 5 heterocycles. The highest BCUT2D eigenvalue weighted by Gasteiger charge is 2.37. The van der Waals surface area contributed by atoms with Crippen molar-refractivity contribution in [3.05, 3.63) is 34.7 Å². The molecule has 8 nitrogen and oxygen atoms in total. The van der Waals surface area contributed by atoms with Crippen LogP contribution in [0.15, 0.2) is 6.07 Å². The van der Waals surface area contributed by atoms with Gasteiger partial charge in [-0.05, 0) is 72.3 Å². The van der Waals surface area contributed by atoms with Gasteiger partial charge in [-0.15, -0.1) is 10.2 Å². The standard InChI is InChI=1S/C26H35N7O/c1-16-22-18(15-19(17-11-12-17)27-24(22)33(30-16)26(2,3)4)25(34)31-14-8-9-20(31)23-29-28-21-10-6-5-7-13-32(21)23/h15,17,20H,5-14H2,1-4H3. The van der Waals surface area contributed by atoms with E-state index in [0.29, 0.717) is 5.92 Å². The van der Waals surface area contributed by atoms with Crippen LogP contribution in [0.2, 0.25) is 0 Å². The number of carbonyl (C=O) groups excluding carboxylic acids is 1. The van der Waals surface area contributed by atoms with Crippen molar-refractivity contribution in [2.24, 2.45) is 0 Å². The van der Waals surface area contributed by atoms with Crippen LogP contribution in [-0.4, -0.2) is 46.9 Å². The van der Waals surface area contributed by atoms with E-state index in [4.69, 9.17) is 10.1 Å². The van der Waals surface area contributed by atoms with E-state index in [-0.39, 0.29) is 17.5 Å². The van der Waals surface area contributed by atoms with Crippen molar-refractivity contribution in [2.45, 2.75) is 103 Å². The highest BCUT2D eigenvalue weighted by molar-refractivity contribution is 6.07. The largest absolute Gasteiger partial charge is 0.328 e. The predicted molar refractivity (Wildman–Crippen MR) is 130 cm³/mol. The van der Waals surface area contributed by atoms with Gasteiger partial charge >= 0.3 is 0 Å². The molecule has 0 aromatic carbocycles. The second kappa shape index (κ2) is 7.89. The van der Waals surface area contributed by atoms with Gasteiger partial charge in [0.25, 0.3) is 5.91 Å². The summed E-state index contributed by atoms with van der Waals surface area (Å²) in [5.74, 6) is 2.59. The van der Waals surface area contributed by atoms with Crippen LogP contribution in [0.1, 0.15) is 111 Å². The quantitative estimate of drug-likeness (QED) is 0.566. The second-order valence-corrected chi connectivity index (χ2v) is 11.3. The van der Waals surface area contributed by atoms with Crippen LogP contribution in [0, 0.1) is 6.92 Å². The molecule has 1 amide bonds. The molecule has 1 saturated carbocycles. The predicted octanol–water partition coefficient (Wildman–Crippen LogP) is 4.67. The minimum Gasteiger partial charge on any atom is -0.328 e. The molecule has 6 rings (SSSR count). The summed E-state index contributed by atoms with van der Waals surface area (Å²) in [6.45, 7) is 10.1. The van der Waals surface area contributed by atoms with E-state index < -0.39 is 0 Å². The van der Waals surface area contributed by atoms with Crippen LogP contribution in [0.25, 0.3) is 11.0 Å². The Bertz CT molecular complexity index is 1260. The zero-order valence-electron chi connectivity index (χ0n) is 20.8. The van der Waals surface area contributed by atoms with E-state index in [9.17, 15) is 4.79 Å². The Morgan fingerprint density at radius 1 is 1.03 bits per heavy atom. The van der Waals surface area contributed by atoms with Gasteiger partial charge in [-0.1, -0.05) is 6.42 Å². The van der Waals surface area contributed by atoms with Gasteiger partial charge in [0, 0.05) is 31.1 Å². The van der Waals surface area contributed by atoms with E-state index >= 15 is 0 Å². The minimum absolute atomic E-state index is 0.0163. The maximum Gasteiger partial charge on any atom is 0.255 e. The van der Waals surface area contributed by atoms with E-state index in [0.717, 1.165) is 91.2 Å². The summed E-state index contributed by atoms with van der Waals surface area (Å²) in [6, 6.07) is 2.04. The first-order chi connectivity index (χ1) is 16.3. The molecule has 1 atom stereocenters. The molecule has 2 fully saturated rings. The molecule has 1 saturated heterocycles. The molecule has 0 radical (unpaired) electrons. The number of fused-ring (bicyclic) bond motifs is 2. The number of carbonyl (C=O) groups is 1. The van der Waals surface area contributed by atoms with Crippen molar-refractivity contribution in [2.75, 3.05) is 6.54 Å². The topological polar surface area (TPSA) is 81.7 Å². The Labute approximate surface area is 200 Å². The maximum absolute atomic E-state index is 14.2. The Morgan fingerprint density at radius 2 is 1.85 bits per heavy atom. The van der Waals surface area contributed by atoms with Crippen molar-refractivity contribution < 1.29 is 4.79 Å². The van der Waals surface area contributed by atoms with Gasteiger partial charge in [-0.2, -0.15) is 5.10 Å². The van der Waals surface area contributed by atoms with E-state index in [1.165, 1.54) is 12.8 Å². The Kier molecular flexibility index (Phi) is 5.04. The summed E-state index contributed by atoms with van der Waals surface area (Å²) in [5, 5.41) is 14.9. The van der Waals surface area contributed by atoms with Crippen LogP contribution in [0.5, 0.6) is 0 Å².